The number of benzene rings is 1. The second-order valence-electron chi connectivity index (χ2n) is 5.59. The molecule has 1 amide bonds. The Hall–Kier alpha value is -1.17. The van der Waals surface area contributed by atoms with Gasteiger partial charge in [0.25, 0.3) is 5.91 Å². The molecule has 0 unspecified atom stereocenters. The summed E-state index contributed by atoms with van der Waals surface area (Å²) in [6, 6.07) is 4.12. The highest BCUT2D eigenvalue weighted by atomic mass is 35.5. The van der Waals surface area contributed by atoms with Gasteiger partial charge < -0.3 is 14.7 Å². The second kappa shape index (κ2) is 5.91. The largest absolute Gasteiger partial charge is 0.396 e. The molecule has 1 aromatic rings. The number of aliphatic hydroxyl groups is 1. The summed E-state index contributed by atoms with van der Waals surface area (Å²) in [5.74, 6) is -0.869. The molecule has 3 atom stereocenters. The first-order valence-electron chi connectivity index (χ1n) is 7.09. The van der Waals surface area contributed by atoms with Crippen LogP contribution in [0, 0.1) is 11.7 Å². The lowest BCUT2D eigenvalue weighted by Gasteiger charge is -2.37. The van der Waals surface area contributed by atoms with E-state index in [1.807, 2.05) is 0 Å². The number of ether oxygens (including phenoxy) is 1. The van der Waals surface area contributed by atoms with Gasteiger partial charge in [0.05, 0.1) is 29.3 Å². The Bertz CT molecular complexity index is 533. The van der Waals surface area contributed by atoms with Crippen molar-refractivity contribution in [2.45, 2.75) is 25.0 Å². The zero-order valence-corrected chi connectivity index (χ0v) is 12.2. The average Bonchev–Trinajstić information content (AvgIpc) is 2.89. The molecule has 1 aliphatic carbocycles. The number of hydrogen-bond donors (Lipinski definition) is 1. The Balaban J connectivity index is 1.87. The molecule has 3 rings (SSSR count). The number of aliphatic hydroxyl groups excluding tert-OH is 1. The summed E-state index contributed by atoms with van der Waals surface area (Å²) < 4.78 is 19.6. The van der Waals surface area contributed by atoms with Crippen LogP contribution < -0.4 is 0 Å². The van der Waals surface area contributed by atoms with Crippen molar-refractivity contribution in [3.05, 3.63) is 34.6 Å². The fourth-order valence-electron chi connectivity index (χ4n) is 3.30. The van der Waals surface area contributed by atoms with Crippen molar-refractivity contribution in [1.29, 1.82) is 0 Å². The zero-order chi connectivity index (χ0) is 15.0. The van der Waals surface area contributed by atoms with Crippen LogP contribution >= 0.6 is 11.6 Å². The quantitative estimate of drug-likeness (QED) is 0.909. The van der Waals surface area contributed by atoms with E-state index >= 15 is 0 Å². The standard InChI is InChI=1S/C15H17ClFNO3/c16-10-2-1-3-11(17)14(10)15(20)18-4-5-21-13-7-9(8-19)6-12(13)18/h1-3,9,12-13,19H,4-8H2/t9-,12+,13+/m1/s1. The first kappa shape index (κ1) is 14.8. The number of halogens is 2. The highest BCUT2D eigenvalue weighted by molar-refractivity contribution is 6.33. The number of amides is 1. The number of rotatable bonds is 2. The molecular weight excluding hydrogens is 297 g/mol. The van der Waals surface area contributed by atoms with E-state index in [1.54, 1.807) is 4.90 Å². The molecule has 1 aromatic carbocycles. The van der Waals surface area contributed by atoms with Gasteiger partial charge in [0.15, 0.2) is 0 Å². The van der Waals surface area contributed by atoms with Crippen LogP contribution in [0.4, 0.5) is 4.39 Å². The topological polar surface area (TPSA) is 49.8 Å². The van der Waals surface area contributed by atoms with Crippen molar-refractivity contribution in [2.75, 3.05) is 19.8 Å². The van der Waals surface area contributed by atoms with Gasteiger partial charge in [-0.25, -0.2) is 4.39 Å². The molecule has 1 heterocycles. The highest BCUT2D eigenvalue weighted by Gasteiger charge is 2.43. The van der Waals surface area contributed by atoms with E-state index in [9.17, 15) is 14.3 Å². The maximum absolute atomic E-state index is 13.9. The Labute approximate surface area is 127 Å². The third kappa shape index (κ3) is 2.65. The molecule has 0 bridgehead atoms. The summed E-state index contributed by atoms with van der Waals surface area (Å²) in [7, 11) is 0. The molecule has 1 saturated carbocycles. The normalized spacial score (nSPS) is 28.5. The van der Waals surface area contributed by atoms with Crippen LogP contribution in [0.1, 0.15) is 23.2 Å². The lowest BCUT2D eigenvalue weighted by atomic mass is 10.1. The molecule has 2 fully saturated rings. The minimum absolute atomic E-state index is 0.0766. The van der Waals surface area contributed by atoms with Gasteiger partial charge >= 0.3 is 0 Å². The first-order chi connectivity index (χ1) is 10.1. The number of hydrogen-bond acceptors (Lipinski definition) is 3. The molecule has 2 aliphatic rings. The van der Waals surface area contributed by atoms with Gasteiger partial charge in [-0.05, 0) is 30.9 Å². The zero-order valence-electron chi connectivity index (χ0n) is 11.5. The van der Waals surface area contributed by atoms with E-state index in [0.717, 1.165) is 6.42 Å². The Morgan fingerprint density at radius 3 is 3.00 bits per heavy atom. The average molecular weight is 314 g/mol. The summed E-state index contributed by atoms with van der Waals surface area (Å²) in [4.78, 5) is 14.3. The van der Waals surface area contributed by atoms with Gasteiger partial charge in [0.1, 0.15) is 5.82 Å². The summed E-state index contributed by atoms with van der Waals surface area (Å²) in [5, 5.41) is 9.43. The second-order valence-corrected chi connectivity index (χ2v) is 6.00. The van der Waals surface area contributed by atoms with Gasteiger partial charge in [-0.15, -0.1) is 0 Å². The van der Waals surface area contributed by atoms with E-state index in [-0.39, 0.29) is 35.3 Å². The van der Waals surface area contributed by atoms with Crippen LogP contribution in [0.15, 0.2) is 18.2 Å². The maximum atomic E-state index is 13.9. The molecule has 114 valence electrons. The number of carbonyl (C=O) groups excluding carboxylic acids is 1. The van der Waals surface area contributed by atoms with Crippen molar-refractivity contribution in [3.8, 4) is 0 Å². The predicted molar refractivity (Wildman–Crippen MR) is 75.8 cm³/mol. The van der Waals surface area contributed by atoms with E-state index in [4.69, 9.17) is 16.3 Å². The first-order valence-corrected chi connectivity index (χ1v) is 7.47. The molecule has 0 radical (unpaired) electrons. The summed E-state index contributed by atoms with van der Waals surface area (Å²) in [6.07, 6.45) is 1.33. The SMILES string of the molecule is O=C(c1c(F)cccc1Cl)N1CCO[C@H]2C[C@H](CO)C[C@@H]21. The molecule has 21 heavy (non-hydrogen) atoms. The molecule has 1 saturated heterocycles. The monoisotopic (exact) mass is 313 g/mol. The third-order valence-corrected chi connectivity index (χ3v) is 4.64. The maximum Gasteiger partial charge on any atom is 0.258 e. The molecule has 4 nitrogen and oxygen atoms in total. The van der Waals surface area contributed by atoms with Gasteiger partial charge in [0.2, 0.25) is 0 Å². The number of fused-ring (bicyclic) bond motifs is 1. The lowest BCUT2D eigenvalue weighted by molar-refractivity contribution is -0.0450. The number of nitrogens with zero attached hydrogens (tertiary/aromatic N) is 1. The summed E-state index contributed by atoms with van der Waals surface area (Å²) in [5.41, 5.74) is -0.0766. The van der Waals surface area contributed by atoms with Crippen LogP contribution in [-0.4, -0.2) is 47.8 Å². The Morgan fingerprint density at radius 1 is 1.48 bits per heavy atom. The molecular formula is C15H17ClFNO3. The van der Waals surface area contributed by atoms with Crippen LogP contribution in [0.2, 0.25) is 5.02 Å². The minimum atomic E-state index is -0.604. The van der Waals surface area contributed by atoms with E-state index in [0.29, 0.717) is 19.6 Å². The summed E-state index contributed by atoms with van der Waals surface area (Å²) in [6.45, 7) is 0.929. The van der Waals surface area contributed by atoms with Crippen LogP contribution in [0.25, 0.3) is 0 Å². The van der Waals surface area contributed by atoms with Crippen molar-refractivity contribution in [3.63, 3.8) is 0 Å². The highest BCUT2D eigenvalue weighted by Crippen LogP contribution is 2.35. The van der Waals surface area contributed by atoms with Gasteiger partial charge in [-0.2, -0.15) is 0 Å². The predicted octanol–water partition coefficient (Wildman–Crippen LogP) is 2.09. The number of morpholine rings is 1. The lowest BCUT2D eigenvalue weighted by Crippen LogP contribution is -2.51. The minimum Gasteiger partial charge on any atom is -0.396 e. The van der Waals surface area contributed by atoms with Crippen LogP contribution in [0.3, 0.4) is 0 Å². The van der Waals surface area contributed by atoms with E-state index < -0.39 is 11.7 Å². The molecule has 0 aromatic heterocycles. The van der Waals surface area contributed by atoms with Crippen molar-refractivity contribution < 1.29 is 19.0 Å². The Morgan fingerprint density at radius 2 is 2.29 bits per heavy atom. The van der Waals surface area contributed by atoms with Crippen molar-refractivity contribution in [1.82, 2.24) is 4.90 Å². The van der Waals surface area contributed by atoms with Gasteiger partial charge in [-0.1, -0.05) is 17.7 Å². The van der Waals surface area contributed by atoms with E-state index in [2.05, 4.69) is 0 Å². The van der Waals surface area contributed by atoms with Crippen LogP contribution in [-0.2, 0) is 4.74 Å². The fourth-order valence-corrected chi connectivity index (χ4v) is 3.54. The van der Waals surface area contributed by atoms with Crippen molar-refractivity contribution in [2.24, 2.45) is 5.92 Å². The van der Waals surface area contributed by atoms with Crippen molar-refractivity contribution >= 4 is 17.5 Å². The molecule has 0 spiro atoms. The Kier molecular flexibility index (Phi) is 4.15. The molecule has 6 heteroatoms. The van der Waals surface area contributed by atoms with Crippen LogP contribution in [0.5, 0.6) is 0 Å². The molecule has 1 aliphatic heterocycles. The fraction of sp³-hybridized carbons (Fsp3) is 0.533. The van der Waals surface area contributed by atoms with Gasteiger partial charge in [-0.3, -0.25) is 4.79 Å². The smallest absolute Gasteiger partial charge is 0.258 e. The third-order valence-electron chi connectivity index (χ3n) is 4.33. The molecule has 1 N–H and O–H groups in total. The number of carbonyl (C=O) groups is 1. The summed E-state index contributed by atoms with van der Waals surface area (Å²) >= 11 is 5.98. The van der Waals surface area contributed by atoms with E-state index in [1.165, 1.54) is 18.2 Å². The van der Waals surface area contributed by atoms with Gasteiger partial charge in [0, 0.05) is 13.2 Å².